The van der Waals surface area contributed by atoms with Gasteiger partial charge in [-0.25, -0.2) is 0 Å². The molecule has 1 amide bonds. The van der Waals surface area contributed by atoms with Crippen molar-refractivity contribution in [3.63, 3.8) is 0 Å². The van der Waals surface area contributed by atoms with Crippen molar-refractivity contribution in [2.24, 2.45) is 0 Å². The molecule has 0 aliphatic carbocycles. The molecule has 0 aliphatic rings. The van der Waals surface area contributed by atoms with E-state index in [1.165, 1.54) is 0 Å². The molecule has 0 radical (unpaired) electrons. The van der Waals surface area contributed by atoms with E-state index in [4.69, 9.17) is 14.2 Å². The van der Waals surface area contributed by atoms with Crippen LogP contribution < -0.4 is 14.8 Å². The largest absolute Gasteiger partial charge is 0.497 e. The summed E-state index contributed by atoms with van der Waals surface area (Å²) in [5.74, 6) is 1.27. The molecule has 1 aromatic rings. The van der Waals surface area contributed by atoms with Crippen molar-refractivity contribution in [1.82, 2.24) is 5.32 Å². The smallest absolute Gasteiger partial charge is 0.260 e. The molecule has 1 rings (SSSR count). The van der Waals surface area contributed by atoms with Crippen LogP contribution in [0.15, 0.2) is 24.3 Å². The van der Waals surface area contributed by atoms with Gasteiger partial charge in [-0.15, -0.1) is 0 Å². The molecule has 5 heteroatoms. The molecule has 0 aromatic heterocycles. The van der Waals surface area contributed by atoms with Crippen LogP contribution >= 0.6 is 0 Å². The maximum Gasteiger partial charge on any atom is 0.260 e. The van der Waals surface area contributed by atoms with Crippen molar-refractivity contribution < 1.29 is 19.0 Å². The highest BCUT2D eigenvalue weighted by Crippen LogP contribution is 2.18. The van der Waals surface area contributed by atoms with Gasteiger partial charge < -0.3 is 19.5 Å². The van der Waals surface area contributed by atoms with E-state index in [1.807, 2.05) is 13.8 Å². The van der Waals surface area contributed by atoms with Crippen molar-refractivity contribution in [1.29, 1.82) is 0 Å². The van der Waals surface area contributed by atoms with Gasteiger partial charge in [0.1, 0.15) is 11.5 Å². The van der Waals surface area contributed by atoms with Crippen LogP contribution in [0.2, 0.25) is 0 Å². The molecule has 0 bridgehead atoms. The number of hydrogen-bond acceptors (Lipinski definition) is 4. The molecular formula is C16H25NO4. The number of carbonyl (C=O) groups is 1. The third-order valence-corrected chi connectivity index (χ3v) is 2.81. The lowest BCUT2D eigenvalue weighted by Gasteiger charge is -2.15. The summed E-state index contributed by atoms with van der Waals surface area (Å²) in [5.41, 5.74) is 0. The van der Waals surface area contributed by atoms with Gasteiger partial charge in [0, 0.05) is 13.2 Å². The van der Waals surface area contributed by atoms with Gasteiger partial charge >= 0.3 is 0 Å². The van der Waals surface area contributed by atoms with Gasteiger partial charge in [0.2, 0.25) is 0 Å². The molecule has 0 saturated heterocycles. The van der Waals surface area contributed by atoms with Gasteiger partial charge in [-0.3, -0.25) is 4.79 Å². The third kappa shape index (κ3) is 6.99. The Balaban J connectivity index is 2.26. The van der Waals surface area contributed by atoms with E-state index in [0.717, 1.165) is 12.2 Å². The van der Waals surface area contributed by atoms with Crippen LogP contribution in [-0.2, 0) is 9.53 Å². The minimum Gasteiger partial charge on any atom is -0.497 e. The summed E-state index contributed by atoms with van der Waals surface area (Å²) in [7, 11) is 1.61. The van der Waals surface area contributed by atoms with E-state index in [2.05, 4.69) is 5.32 Å². The summed E-state index contributed by atoms with van der Waals surface area (Å²) >= 11 is 0. The molecule has 0 spiro atoms. The number of methoxy groups -OCH3 is 1. The Hall–Kier alpha value is -1.75. The lowest BCUT2D eigenvalue weighted by molar-refractivity contribution is -0.127. The first-order chi connectivity index (χ1) is 10.0. The molecule has 1 atom stereocenters. The highest BCUT2D eigenvalue weighted by atomic mass is 16.5. The van der Waals surface area contributed by atoms with E-state index in [0.29, 0.717) is 18.9 Å². The first kappa shape index (κ1) is 17.3. The summed E-state index contributed by atoms with van der Waals surface area (Å²) in [6, 6.07) is 7.14. The van der Waals surface area contributed by atoms with Crippen LogP contribution in [-0.4, -0.2) is 38.4 Å². The number of nitrogens with one attached hydrogen (secondary N) is 1. The Morgan fingerprint density at radius 1 is 1.14 bits per heavy atom. The lowest BCUT2D eigenvalue weighted by Crippen LogP contribution is -2.37. The molecule has 1 N–H and O–H groups in total. The van der Waals surface area contributed by atoms with Gasteiger partial charge in [0.05, 0.1) is 13.2 Å². The summed E-state index contributed by atoms with van der Waals surface area (Å²) < 4.78 is 16.0. The summed E-state index contributed by atoms with van der Waals surface area (Å²) in [6.07, 6.45) is 0.474. The van der Waals surface area contributed by atoms with Crippen LogP contribution in [0.5, 0.6) is 11.5 Å². The summed E-state index contributed by atoms with van der Waals surface area (Å²) in [6.45, 7) is 6.93. The first-order valence-electron chi connectivity index (χ1n) is 7.23. The molecule has 5 nitrogen and oxygen atoms in total. The molecule has 0 aliphatic heterocycles. The van der Waals surface area contributed by atoms with Gasteiger partial charge in [-0.1, -0.05) is 0 Å². The van der Waals surface area contributed by atoms with E-state index in [1.54, 1.807) is 38.3 Å². The average molecular weight is 295 g/mol. The predicted molar refractivity (Wildman–Crippen MR) is 81.8 cm³/mol. The summed E-state index contributed by atoms with van der Waals surface area (Å²) in [5, 5.41) is 2.83. The van der Waals surface area contributed by atoms with Crippen LogP contribution in [0.25, 0.3) is 0 Å². The van der Waals surface area contributed by atoms with Crippen molar-refractivity contribution >= 4 is 5.91 Å². The Morgan fingerprint density at radius 3 is 2.33 bits per heavy atom. The Labute approximate surface area is 126 Å². The average Bonchev–Trinajstić information content (AvgIpc) is 2.47. The fraction of sp³-hybridized carbons (Fsp3) is 0.562. The molecule has 1 aromatic carbocycles. The van der Waals surface area contributed by atoms with Gasteiger partial charge in [0.25, 0.3) is 5.91 Å². The molecule has 118 valence electrons. The quantitative estimate of drug-likeness (QED) is 0.711. The zero-order valence-corrected chi connectivity index (χ0v) is 13.2. The predicted octanol–water partition coefficient (Wildman–Crippen LogP) is 2.39. The van der Waals surface area contributed by atoms with Crippen LogP contribution in [0.1, 0.15) is 27.2 Å². The summed E-state index contributed by atoms with van der Waals surface area (Å²) in [4.78, 5) is 11.9. The fourth-order valence-electron chi connectivity index (χ4n) is 1.66. The second kappa shape index (κ2) is 9.23. The molecule has 0 heterocycles. The van der Waals surface area contributed by atoms with Crippen molar-refractivity contribution in [2.45, 2.75) is 39.4 Å². The Morgan fingerprint density at radius 2 is 1.76 bits per heavy atom. The second-order valence-corrected chi connectivity index (χ2v) is 5.00. The zero-order chi connectivity index (χ0) is 15.7. The monoisotopic (exact) mass is 295 g/mol. The van der Waals surface area contributed by atoms with E-state index in [9.17, 15) is 4.79 Å². The Bertz CT molecular complexity index is 417. The van der Waals surface area contributed by atoms with E-state index >= 15 is 0 Å². The SMILES string of the molecule is COc1ccc(O[C@@H](C)C(=O)NCCCOC(C)C)cc1. The molecule has 0 saturated carbocycles. The molecule has 0 unspecified atom stereocenters. The maximum atomic E-state index is 11.9. The maximum absolute atomic E-state index is 11.9. The molecule has 0 fully saturated rings. The van der Waals surface area contributed by atoms with Gasteiger partial charge in [-0.05, 0) is 51.5 Å². The number of carbonyl (C=O) groups excluding carboxylic acids is 1. The van der Waals surface area contributed by atoms with Crippen LogP contribution in [0.4, 0.5) is 0 Å². The number of ether oxygens (including phenoxy) is 3. The minimum atomic E-state index is -0.538. The zero-order valence-electron chi connectivity index (χ0n) is 13.2. The second-order valence-electron chi connectivity index (χ2n) is 5.00. The van der Waals surface area contributed by atoms with Gasteiger partial charge in [0.15, 0.2) is 6.10 Å². The van der Waals surface area contributed by atoms with Crippen molar-refractivity contribution in [2.75, 3.05) is 20.3 Å². The lowest BCUT2D eigenvalue weighted by atomic mass is 10.3. The van der Waals surface area contributed by atoms with Crippen LogP contribution in [0, 0.1) is 0 Å². The minimum absolute atomic E-state index is 0.129. The van der Waals surface area contributed by atoms with Gasteiger partial charge in [-0.2, -0.15) is 0 Å². The fourth-order valence-corrected chi connectivity index (χ4v) is 1.66. The molecule has 21 heavy (non-hydrogen) atoms. The van der Waals surface area contributed by atoms with Crippen LogP contribution in [0.3, 0.4) is 0 Å². The number of rotatable bonds is 9. The number of hydrogen-bond donors (Lipinski definition) is 1. The normalized spacial score (nSPS) is 12.0. The van der Waals surface area contributed by atoms with Crippen molar-refractivity contribution in [3.05, 3.63) is 24.3 Å². The highest BCUT2D eigenvalue weighted by Gasteiger charge is 2.13. The molecular weight excluding hydrogens is 270 g/mol. The van der Waals surface area contributed by atoms with Crippen molar-refractivity contribution in [3.8, 4) is 11.5 Å². The first-order valence-corrected chi connectivity index (χ1v) is 7.23. The number of benzene rings is 1. The number of amides is 1. The van der Waals surface area contributed by atoms with E-state index < -0.39 is 6.10 Å². The van der Waals surface area contributed by atoms with E-state index in [-0.39, 0.29) is 12.0 Å². The topological polar surface area (TPSA) is 56.8 Å². The third-order valence-electron chi connectivity index (χ3n) is 2.81. The standard InChI is InChI=1S/C16H25NO4/c1-12(2)20-11-5-10-17-16(18)13(3)21-15-8-6-14(19-4)7-9-15/h6-9,12-13H,5,10-11H2,1-4H3,(H,17,18)/t13-/m0/s1. The highest BCUT2D eigenvalue weighted by molar-refractivity contribution is 5.80. The Kier molecular flexibility index (Phi) is 7.61.